The first kappa shape index (κ1) is 35.9. The van der Waals surface area contributed by atoms with Crippen molar-refractivity contribution in [2.24, 2.45) is 23.6 Å². The first-order valence-corrected chi connectivity index (χ1v) is 15.4. The number of carbonyl (C=O) groups is 4. The van der Waals surface area contributed by atoms with Crippen LogP contribution in [0.4, 0.5) is 4.79 Å². The molecule has 46 heavy (non-hydrogen) atoms. The minimum absolute atomic E-state index is 0.0332. The van der Waals surface area contributed by atoms with Crippen LogP contribution >= 0.6 is 0 Å². The Morgan fingerprint density at radius 3 is 1.80 bits per heavy atom. The van der Waals surface area contributed by atoms with E-state index in [1.165, 1.54) is 14.0 Å². The molecule has 0 aromatic heterocycles. The summed E-state index contributed by atoms with van der Waals surface area (Å²) in [4.78, 5) is 52.9. The quantitative estimate of drug-likeness (QED) is 0.0921. The van der Waals surface area contributed by atoms with Gasteiger partial charge in [0.15, 0.2) is 5.78 Å². The number of alkyl carbamates (subject to hydrolysis) is 1. The fourth-order valence-corrected chi connectivity index (χ4v) is 5.43. The lowest BCUT2D eigenvalue weighted by Crippen LogP contribution is -2.55. The van der Waals surface area contributed by atoms with Gasteiger partial charge < -0.3 is 19.9 Å². The molecule has 0 radical (unpaired) electrons. The number of amides is 2. The average Bonchev–Trinajstić information content (AvgIpc) is 3.06. The maximum atomic E-state index is 13.9. The molecule has 3 aromatic rings. The van der Waals surface area contributed by atoms with Crippen LogP contribution in [0, 0.1) is 17.8 Å². The Bertz CT molecular complexity index is 1400. The van der Waals surface area contributed by atoms with Crippen LogP contribution in [0.1, 0.15) is 43.9 Å². The van der Waals surface area contributed by atoms with Gasteiger partial charge >= 0.3 is 12.1 Å². The lowest BCUT2D eigenvalue weighted by atomic mass is 9.81. The van der Waals surface area contributed by atoms with Gasteiger partial charge in [0.1, 0.15) is 12.6 Å². The zero-order valence-electron chi connectivity index (χ0n) is 26.9. The number of ketones is 1. The SMILES string of the molecule is COC(=O)[C@@H](C(C)C)N(N)C(=O)C(Cc1ccccc1)C[C@H](O)[C@H](Cc1ccccc1)C(=O)[C@H](C)NC(=O)OCc1ccccc1. The molecule has 5 atom stereocenters. The van der Waals surface area contributed by atoms with Gasteiger partial charge in [0.05, 0.1) is 19.3 Å². The Labute approximate surface area is 270 Å². The van der Waals surface area contributed by atoms with Gasteiger partial charge in [0.2, 0.25) is 5.91 Å². The number of methoxy groups -OCH3 is 1. The first-order chi connectivity index (χ1) is 22.0. The lowest BCUT2D eigenvalue weighted by molar-refractivity contribution is -0.157. The Balaban J connectivity index is 1.84. The van der Waals surface area contributed by atoms with Gasteiger partial charge in [-0.1, -0.05) is 105 Å². The highest BCUT2D eigenvalue weighted by atomic mass is 16.5. The highest BCUT2D eigenvalue weighted by Crippen LogP contribution is 2.26. The molecule has 0 spiro atoms. The summed E-state index contributed by atoms with van der Waals surface area (Å²) in [6, 6.07) is 25.6. The lowest BCUT2D eigenvalue weighted by Gasteiger charge is -2.33. The third-order valence-electron chi connectivity index (χ3n) is 7.93. The summed E-state index contributed by atoms with van der Waals surface area (Å²) in [7, 11) is 1.23. The van der Waals surface area contributed by atoms with Crippen molar-refractivity contribution in [1.82, 2.24) is 10.3 Å². The monoisotopic (exact) mass is 631 g/mol. The Morgan fingerprint density at radius 1 is 0.804 bits per heavy atom. The smallest absolute Gasteiger partial charge is 0.408 e. The third-order valence-corrected chi connectivity index (χ3v) is 7.93. The van der Waals surface area contributed by atoms with Crippen molar-refractivity contribution in [1.29, 1.82) is 0 Å². The number of rotatable bonds is 16. The number of hydrazine groups is 1. The normalized spacial score (nSPS) is 14.3. The van der Waals surface area contributed by atoms with E-state index in [0.717, 1.165) is 21.7 Å². The van der Waals surface area contributed by atoms with Gasteiger partial charge in [-0.05, 0) is 48.8 Å². The summed E-state index contributed by atoms with van der Waals surface area (Å²) in [6.07, 6.45) is -1.80. The molecular weight excluding hydrogens is 586 g/mol. The summed E-state index contributed by atoms with van der Waals surface area (Å²) >= 11 is 0. The molecule has 4 N–H and O–H groups in total. The van der Waals surface area contributed by atoms with Crippen molar-refractivity contribution in [3.63, 3.8) is 0 Å². The van der Waals surface area contributed by atoms with E-state index in [0.29, 0.717) is 0 Å². The number of aliphatic hydroxyl groups is 1. The van der Waals surface area contributed by atoms with E-state index in [1.807, 2.05) is 91.0 Å². The van der Waals surface area contributed by atoms with Crippen molar-refractivity contribution in [2.75, 3.05) is 7.11 Å². The van der Waals surface area contributed by atoms with E-state index >= 15 is 0 Å². The molecule has 0 aliphatic carbocycles. The number of nitrogens with zero attached hydrogens (tertiary/aromatic N) is 1. The average molecular weight is 632 g/mol. The van der Waals surface area contributed by atoms with Crippen LogP contribution in [-0.4, -0.2) is 59.2 Å². The number of hydrogen-bond donors (Lipinski definition) is 3. The summed E-state index contributed by atoms with van der Waals surface area (Å²) in [5.41, 5.74) is 2.42. The molecule has 2 amide bonds. The molecule has 3 aromatic carbocycles. The summed E-state index contributed by atoms with van der Waals surface area (Å²) < 4.78 is 10.2. The molecular formula is C36H45N3O7. The predicted molar refractivity (Wildman–Crippen MR) is 174 cm³/mol. The van der Waals surface area contributed by atoms with Gasteiger partial charge in [0.25, 0.3) is 0 Å². The second kappa shape index (κ2) is 17.8. The van der Waals surface area contributed by atoms with Gasteiger partial charge in [-0.2, -0.15) is 0 Å². The summed E-state index contributed by atoms with van der Waals surface area (Å²) in [5, 5.41) is 15.2. The highest BCUT2D eigenvalue weighted by molar-refractivity contribution is 5.90. The second-order valence-corrected chi connectivity index (χ2v) is 11.8. The first-order valence-electron chi connectivity index (χ1n) is 15.4. The topological polar surface area (TPSA) is 148 Å². The molecule has 1 unspecified atom stereocenters. The van der Waals surface area contributed by atoms with Crippen LogP contribution in [0.25, 0.3) is 0 Å². The fourth-order valence-electron chi connectivity index (χ4n) is 5.43. The Hall–Kier alpha value is -4.54. The van der Waals surface area contributed by atoms with Crippen LogP contribution in [-0.2, 0) is 43.3 Å². The number of ether oxygens (including phenoxy) is 2. The second-order valence-electron chi connectivity index (χ2n) is 11.8. The number of carbonyl (C=O) groups excluding carboxylic acids is 4. The van der Waals surface area contributed by atoms with Crippen LogP contribution in [0.5, 0.6) is 0 Å². The number of aliphatic hydroxyl groups excluding tert-OH is 1. The molecule has 10 heteroatoms. The maximum Gasteiger partial charge on any atom is 0.408 e. The number of nitrogens with two attached hydrogens (primary N) is 1. The van der Waals surface area contributed by atoms with E-state index < -0.39 is 53.8 Å². The molecule has 0 heterocycles. The summed E-state index contributed by atoms with van der Waals surface area (Å²) in [6.45, 7) is 5.08. The summed E-state index contributed by atoms with van der Waals surface area (Å²) in [5.74, 6) is 2.44. The zero-order chi connectivity index (χ0) is 33.6. The largest absolute Gasteiger partial charge is 0.467 e. The predicted octanol–water partition coefficient (Wildman–Crippen LogP) is 4.24. The van der Waals surface area contributed by atoms with Crippen LogP contribution in [0.2, 0.25) is 0 Å². The fraction of sp³-hybridized carbons (Fsp3) is 0.389. The molecule has 3 rings (SSSR count). The third kappa shape index (κ3) is 10.5. The standard InChI is InChI=1S/C36H45N3O7/c1-24(2)32(35(43)45-4)39(37)34(42)29(20-26-14-8-5-9-15-26)22-31(40)30(21-27-16-10-6-11-17-27)33(41)25(3)38-36(44)46-23-28-18-12-7-13-19-28/h5-19,24-25,29-32,40H,20-23,37H2,1-4H3,(H,38,44)/t25-,29?,30-,31-,32+/m0/s1. The van der Waals surface area contributed by atoms with Gasteiger partial charge in [-0.25, -0.2) is 15.4 Å². The number of hydrogen-bond acceptors (Lipinski definition) is 8. The Kier molecular flexibility index (Phi) is 13.9. The number of benzene rings is 3. The number of esters is 1. The van der Waals surface area contributed by atoms with E-state index in [4.69, 9.17) is 15.3 Å². The Morgan fingerprint density at radius 2 is 1.30 bits per heavy atom. The molecule has 0 bridgehead atoms. The maximum absolute atomic E-state index is 13.9. The van der Waals surface area contributed by atoms with Gasteiger partial charge in [-0.15, -0.1) is 0 Å². The van der Waals surface area contributed by atoms with Crippen molar-refractivity contribution >= 4 is 23.8 Å². The van der Waals surface area contributed by atoms with Crippen LogP contribution in [0.15, 0.2) is 91.0 Å². The minimum Gasteiger partial charge on any atom is -0.467 e. The van der Waals surface area contributed by atoms with E-state index in [2.05, 4.69) is 5.32 Å². The molecule has 0 aliphatic rings. The van der Waals surface area contributed by atoms with Gasteiger partial charge in [0, 0.05) is 11.8 Å². The van der Waals surface area contributed by atoms with Crippen molar-refractivity contribution in [2.45, 2.75) is 64.8 Å². The zero-order valence-corrected chi connectivity index (χ0v) is 26.9. The molecule has 0 saturated heterocycles. The van der Waals surface area contributed by atoms with Crippen LogP contribution < -0.4 is 11.2 Å². The van der Waals surface area contributed by atoms with Crippen molar-refractivity contribution in [3.05, 3.63) is 108 Å². The van der Waals surface area contributed by atoms with Gasteiger partial charge in [-0.3, -0.25) is 14.6 Å². The molecule has 0 fully saturated rings. The highest BCUT2D eigenvalue weighted by Gasteiger charge is 2.38. The number of Topliss-reactive ketones (excluding diaryl/α,β-unsaturated/α-hetero) is 1. The van der Waals surface area contributed by atoms with Crippen LogP contribution in [0.3, 0.4) is 0 Å². The number of nitrogens with one attached hydrogen (secondary N) is 1. The minimum atomic E-state index is -1.29. The van der Waals surface area contributed by atoms with Crippen molar-refractivity contribution < 1.29 is 33.8 Å². The molecule has 0 aliphatic heterocycles. The van der Waals surface area contributed by atoms with Crippen molar-refractivity contribution in [3.8, 4) is 0 Å². The van der Waals surface area contributed by atoms with E-state index in [9.17, 15) is 24.3 Å². The van der Waals surface area contributed by atoms with E-state index in [1.54, 1.807) is 13.8 Å². The molecule has 10 nitrogen and oxygen atoms in total. The molecule has 0 saturated carbocycles. The van der Waals surface area contributed by atoms with E-state index in [-0.39, 0.29) is 31.8 Å². The molecule has 246 valence electrons.